The van der Waals surface area contributed by atoms with E-state index in [-0.39, 0.29) is 0 Å². The molecule has 2 aliphatic heterocycles. The van der Waals surface area contributed by atoms with E-state index < -0.39 is 5.41 Å². The molecule has 3 heteroatoms. The van der Waals surface area contributed by atoms with Crippen molar-refractivity contribution in [2.45, 2.75) is 11.8 Å². The first-order valence-corrected chi connectivity index (χ1v) is 17.5. The highest BCUT2D eigenvalue weighted by Crippen LogP contribution is 2.60. The topological polar surface area (TPSA) is 40.2 Å². The van der Waals surface area contributed by atoms with Crippen molar-refractivity contribution in [3.05, 3.63) is 221 Å². The van der Waals surface area contributed by atoms with Gasteiger partial charge >= 0.3 is 0 Å². The summed E-state index contributed by atoms with van der Waals surface area (Å²) in [5.41, 5.74) is 19.6. The average molecular weight is 655 g/mol. The zero-order valence-corrected chi connectivity index (χ0v) is 28.0. The molecule has 1 aromatic heterocycles. The molecule has 3 nitrogen and oxygen atoms in total. The maximum atomic E-state index is 6.92. The average Bonchev–Trinajstić information content (AvgIpc) is 3.54. The molecule has 0 aliphatic carbocycles. The molecule has 8 aromatic rings. The Morgan fingerprint density at radius 1 is 0.569 bits per heavy atom. The van der Waals surface area contributed by atoms with E-state index in [4.69, 9.17) is 10.5 Å². The van der Waals surface area contributed by atoms with Gasteiger partial charge in [-0.05, 0) is 70.2 Å². The Bertz CT molecular complexity index is 2700. The van der Waals surface area contributed by atoms with Crippen LogP contribution in [0.3, 0.4) is 0 Å². The lowest BCUT2D eigenvalue weighted by Crippen LogP contribution is -2.37. The Morgan fingerprint density at radius 3 is 2.10 bits per heavy atom. The molecular weight excluding hydrogens is 621 g/mol. The molecule has 0 bridgehead atoms. The molecule has 7 aromatic carbocycles. The second kappa shape index (κ2) is 11.5. The minimum atomic E-state index is -0.601. The van der Waals surface area contributed by atoms with E-state index in [0.29, 0.717) is 0 Å². The molecule has 1 spiro atoms. The number of benzene rings is 7. The van der Waals surface area contributed by atoms with Crippen LogP contribution in [-0.4, -0.2) is 4.57 Å². The normalized spacial score (nSPS) is 16.1. The summed E-state index contributed by atoms with van der Waals surface area (Å²) in [5.74, 6) is 1.72. The van der Waals surface area contributed by atoms with Gasteiger partial charge in [0.15, 0.2) is 0 Å². The number of aromatic nitrogens is 1. The number of nitrogens with zero attached hydrogens (tertiary/aromatic N) is 1. The van der Waals surface area contributed by atoms with E-state index >= 15 is 0 Å². The third kappa shape index (κ3) is 4.38. The monoisotopic (exact) mass is 654 g/mol. The predicted octanol–water partition coefficient (Wildman–Crippen LogP) is 11.2. The Hall–Kier alpha value is -6.58. The van der Waals surface area contributed by atoms with Crippen molar-refractivity contribution in [1.29, 1.82) is 0 Å². The molecule has 2 N–H and O–H groups in total. The van der Waals surface area contributed by atoms with Gasteiger partial charge in [-0.3, -0.25) is 0 Å². The Morgan fingerprint density at radius 2 is 1.24 bits per heavy atom. The summed E-state index contributed by atoms with van der Waals surface area (Å²) in [6.45, 7) is 0. The van der Waals surface area contributed by atoms with E-state index in [1.54, 1.807) is 0 Å². The maximum absolute atomic E-state index is 6.92. The number of rotatable bonds is 5. The highest BCUT2D eigenvalue weighted by atomic mass is 16.5. The van der Waals surface area contributed by atoms with E-state index in [1.807, 2.05) is 18.2 Å². The largest absolute Gasteiger partial charge is 0.457 e. The van der Waals surface area contributed by atoms with E-state index in [9.17, 15) is 0 Å². The fourth-order valence-corrected chi connectivity index (χ4v) is 8.49. The first kappa shape index (κ1) is 29.3. The second-order valence-corrected chi connectivity index (χ2v) is 13.4. The van der Waals surface area contributed by atoms with Crippen LogP contribution in [0.15, 0.2) is 182 Å². The van der Waals surface area contributed by atoms with Crippen LogP contribution in [-0.2, 0) is 11.8 Å². The lowest BCUT2D eigenvalue weighted by atomic mass is 9.61. The van der Waals surface area contributed by atoms with Gasteiger partial charge in [-0.25, -0.2) is 0 Å². The van der Waals surface area contributed by atoms with Crippen molar-refractivity contribution in [3.8, 4) is 17.2 Å². The van der Waals surface area contributed by atoms with Crippen LogP contribution >= 0.6 is 0 Å². The van der Waals surface area contributed by atoms with Gasteiger partial charge in [-0.2, -0.15) is 0 Å². The molecule has 0 saturated carbocycles. The highest BCUT2D eigenvalue weighted by molar-refractivity contribution is 6.12. The third-order valence-electron chi connectivity index (χ3n) is 10.7. The van der Waals surface area contributed by atoms with E-state index in [2.05, 4.69) is 168 Å². The minimum absolute atomic E-state index is 0.601. The molecule has 0 fully saturated rings. The fourth-order valence-electron chi connectivity index (χ4n) is 8.49. The number of fused-ring (bicyclic) bond motifs is 11. The van der Waals surface area contributed by atoms with Gasteiger partial charge in [0.05, 0.1) is 22.1 Å². The third-order valence-corrected chi connectivity index (χ3v) is 10.7. The number of hydrogen-bond acceptors (Lipinski definition) is 2. The molecule has 242 valence electrons. The van der Waals surface area contributed by atoms with Gasteiger partial charge in [0, 0.05) is 27.6 Å². The molecular formula is C48H34N2O. The summed E-state index contributed by atoms with van der Waals surface area (Å²) >= 11 is 0. The van der Waals surface area contributed by atoms with Crippen LogP contribution in [0.25, 0.3) is 38.8 Å². The molecule has 0 radical (unpaired) electrons. The first-order chi connectivity index (χ1) is 25.2. The van der Waals surface area contributed by atoms with Crippen molar-refractivity contribution >= 4 is 33.1 Å². The van der Waals surface area contributed by atoms with Crippen LogP contribution in [0.2, 0.25) is 0 Å². The lowest BCUT2D eigenvalue weighted by Gasteiger charge is -2.45. The van der Waals surface area contributed by atoms with Crippen molar-refractivity contribution < 1.29 is 4.74 Å². The van der Waals surface area contributed by atoms with Crippen molar-refractivity contribution in [3.63, 3.8) is 0 Å². The van der Waals surface area contributed by atoms with Crippen molar-refractivity contribution in [2.75, 3.05) is 0 Å². The van der Waals surface area contributed by atoms with Crippen molar-refractivity contribution in [2.24, 2.45) is 5.73 Å². The smallest absolute Gasteiger partial charge is 0.132 e. The Balaban J connectivity index is 1.24. The molecule has 51 heavy (non-hydrogen) atoms. The quantitative estimate of drug-likeness (QED) is 0.188. The van der Waals surface area contributed by atoms with Crippen LogP contribution in [0.1, 0.15) is 38.9 Å². The summed E-state index contributed by atoms with van der Waals surface area (Å²) in [7, 11) is 0. The van der Waals surface area contributed by atoms with Gasteiger partial charge in [0.1, 0.15) is 11.5 Å². The van der Waals surface area contributed by atoms with Crippen LogP contribution in [0.4, 0.5) is 0 Å². The predicted molar refractivity (Wildman–Crippen MR) is 209 cm³/mol. The molecule has 3 heterocycles. The molecule has 1 atom stereocenters. The van der Waals surface area contributed by atoms with Gasteiger partial charge < -0.3 is 15.0 Å². The summed E-state index contributed by atoms with van der Waals surface area (Å²) in [6, 6.07) is 60.5. The zero-order chi connectivity index (χ0) is 33.9. The second-order valence-electron chi connectivity index (χ2n) is 13.4. The van der Waals surface area contributed by atoms with E-state index in [1.165, 1.54) is 44.2 Å². The number of allylic oxidation sites excluding steroid dienone is 3. The molecule has 1 unspecified atom stereocenters. The first-order valence-electron chi connectivity index (χ1n) is 17.5. The van der Waals surface area contributed by atoms with Crippen molar-refractivity contribution in [1.82, 2.24) is 4.57 Å². The van der Waals surface area contributed by atoms with Gasteiger partial charge in [-0.1, -0.05) is 152 Å². The Labute approximate surface area is 297 Å². The van der Waals surface area contributed by atoms with E-state index in [0.717, 1.165) is 51.4 Å². The van der Waals surface area contributed by atoms with Gasteiger partial charge in [0.25, 0.3) is 0 Å². The van der Waals surface area contributed by atoms with Crippen LogP contribution in [0, 0.1) is 0 Å². The Kier molecular flexibility index (Phi) is 6.62. The fraction of sp³-hybridized carbons (Fsp3) is 0.0417. The minimum Gasteiger partial charge on any atom is -0.457 e. The maximum Gasteiger partial charge on any atom is 0.132 e. The zero-order valence-electron chi connectivity index (χ0n) is 28.0. The standard InChI is InChI=1S/C48H34N2O/c49-42(33-16-5-2-6-17-33)30-34(27-26-32-14-3-1-4-15-32)35-28-29-40-46(31-35)51-45-25-12-9-21-39(45)48(40)38-20-8-11-24-44(38)50-43-23-10-7-18-36(43)37-19-13-22-41(48)47(37)50/h1-25,27-31H,26,49H2/b34-27+,42-30-. The van der Waals surface area contributed by atoms with Crippen LogP contribution < -0.4 is 10.5 Å². The summed E-state index contributed by atoms with van der Waals surface area (Å²) < 4.78 is 9.39. The van der Waals surface area contributed by atoms with Gasteiger partial charge in [-0.15, -0.1) is 0 Å². The van der Waals surface area contributed by atoms with Crippen LogP contribution in [0.5, 0.6) is 11.5 Å². The number of para-hydroxylation sites is 4. The summed E-state index contributed by atoms with van der Waals surface area (Å²) in [5, 5.41) is 2.51. The molecule has 0 amide bonds. The van der Waals surface area contributed by atoms with Gasteiger partial charge in [0.2, 0.25) is 0 Å². The highest BCUT2D eigenvalue weighted by Gasteiger charge is 2.50. The summed E-state index contributed by atoms with van der Waals surface area (Å²) in [4.78, 5) is 0. The number of ether oxygens (including phenoxy) is 1. The molecule has 0 saturated heterocycles. The molecule has 2 aliphatic rings. The SMILES string of the molecule is N/C(=C\C(=C/Cc1ccccc1)c1ccc2c(c1)Oc1ccccc1C21c2ccccc2-n2c3ccccc3c3cccc1c32)c1ccccc1. The lowest BCUT2D eigenvalue weighted by molar-refractivity contribution is 0.434. The molecule has 10 rings (SSSR count). The number of hydrogen-bond donors (Lipinski definition) is 1. The summed E-state index contributed by atoms with van der Waals surface area (Å²) in [6.07, 6.45) is 5.15. The number of nitrogens with two attached hydrogens (primary N) is 1.